The zero-order valence-corrected chi connectivity index (χ0v) is 28.0. The largest absolute Gasteiger partial charge is 0.493 e. The maximum Gasteiger partial charge on any atom is 0.134 e. The van der Waals surface area contributed by atoms with E-state index in [-0.39, 0.29) is 0 Å². The second kappa shape index (κ2) is 17.6. The van der Waals surface area contributed by atoms with Gasteiger partial charge in [-0.25, -0.2) is 0 Å². The molecule has 5 heteroatoms. The van der Waals surface area contributed by atoms with Gasteiger partial charge in [0.15, 0.2) is 0 Å². The standard InChI is InChI=1S/C35H53BrO4/c1-24(2)12-16-37-32-21-29(33(20-28(32)9)38-17-13-25(3)4)10-11-30-22-35(40-19-15-27(7)8)31(36)23-34(30)39-18-14-26(5)6/h10-11,20-27H,12-19H2,1-9H3. The van der Waals surface area contributed by atoms with Crippen molar-refractivity contribution in [3.05, 3.63) is 45.4 Å². The van der Waals surface area contributed by atoms with Gasteiger partial charge in [-0.3, -0.25) is 0 Å². The van der Waals surface area contributed by atoms with Gasteiger partial charge in [0.25, 0.3) is 0 Å². The van der Waals surface area contributed by atoms with E-state index < -0.39 is 0 Å². The summed E-state index contributed by atoms with van der Waals surface area (Å²) in [6.07, 6.45) is 8.24. The summed E-state index contributed by atoms with van der Waals surface area (Å²) < 4.78 is 25.8. The Hall–Kier alpha value is -2.14. The highest BCUT2D eigenvalue weighted by Gasteiger charge is 2.13. The molecule has 0 heterocycles. The van der Waals surface area contributed by atoms with E-state index in [9.17, 15) is 0 Å². The molecule has 0 N–H and O–H groups in total. The van der Waals surface area contributed by atoms with E-state index in [0.29, 0.717) is 50.1 Å². The monoisotopic (exact) mass is 616 g/mol. The maximum atomic E-state index is 6.28. The molecule has 0 aliphatic heterocycles. The predicted molar refractivity (Wildman–Crippen MR) is 174 cm³/mol. The summed E-state index contributed by atoms with van der Waals surface area (Å²) >= 11 is 3.70. The van der Waals surface area contributed by atoms with E-state index in [1.54, 1.807) is 0 Å². The highest BCUT2D eigenvalue weighted by molar-refractivity contribution is 9.10. The highest BCUT2D eigenvalue weighted by atomic mass is 79.9. The molecule has 224 valence electrons. The molecule has 0 unspecified atom stereocenters. The van der Waals surface area contributed by atoms with Gasteiger partial charge in [-0.15, -0.1) is 0 Å². The number of rotatable bonds is 18. The first-order valence-corrected chi connectivity index (χ1v) is 15.9. The van der Waals surface area contributed by atoms with E-state index in [1.165, 1.54) is 0 Å². The number of aryl methyl sites for hydroxylation is 1. The van der Waals surface area contributed by atoms with Crippen molar-refractivity contribution in [1.82, 2.24) is 0 Å². The normalized spacial score (nSPS) is 11.8. The molecule has 0 atom stereocenters. The number of benzene rings is 2. The lowest BCUT2D eigenvalue weighted by atomic mass is 10.1. The first-order valence-electron chi connectivity index (χ1n) is 15.1. The van der Waals surface area contributed by atoms with E-state index in [0.717, 1.165) is 69.8 Å². The highest BCUT2D eigenvalue weighted by Crippen LogP contribution is 2.36. The Bertz CT molecular complexity index is 972. The van der Waals surface area contributed by atoms with Gasteiger partial charge in [-0.05, 0) is 102 Å². The van der Waals surface area contributed by atoms with Gasteiger partial charge in [-0.1, -0.05) is 67.5 Å². The molecule has 0 spiro atoms. The van der Waals surface area contributed by atoms with Crippen molar-refractivity contribution in [3.63, 3.8) is 0 Å². The van der Waals surface area contributed by atoms with Crippen molar-refractivity contribution >= 4 is 28.1 Å². The summed E-state index contributed by atoms with van der Waals surface area (Å²) in [5.74, 6) is 5.78. The lowest BCUT2D eigenvalue weighted by Crippen LogP contribution is -2.05. The quantitative estimate of drug-likeness (QED) is 0.156. The van der Waals surface area contributed by atoms with E-state index >= 15 is 0 Å². The van der Waals surface area contributed by atoms with Gasteiger partial charge in [0.2, 0.25) is 0 Å². The van der Waals surface area contributed by atoms with Gasteiger partial charge in [0, 0.05) is 11.1 Å². The third kappa shape index (κ3) is 12.6. The molecule has 2 aromatic rings. The van der Waals surface area contributed by atoms with Gasteiger partial charge in [-0.2, -0.15) is 0 Å². The van der Waals surface area contributed by atoms with Crippen molar-refractivity contribution in [1.29, 1.82) is 0 Å². The van der Waals surface area contributed by atoms with Gasteiger partial charge in [0.05, 0.1) is 30.9 Å². The number of hydrogen-bond donors (Lipinski definition) is 0. The molecule has 2 rings (SSSR count). The van der Waals surface area contributed by atoms with Gasteiger partial charge < -0.3 is 18.9 Å². The smallest absolute Gasteiger partial charge is 0.134 e. The fourth-order valence-corrected chi connectivity index (χ4v) is 4.24. The molecular formula is C35H53BrO4. The molecule has 0 aliphatic carbocycles. The second-order valence-corrected chi connectivity index (χ2v) is 13.3. The minimum atomic E-state index is 0.577. The van der Waals surface area contributed by atoms with Crippen molar-refractivity contribution in [2.75, 3.05) is 26.4 Å². The molecule has 0 saturated carbocycles. The Morgan fingerprint density at radius 1 is 0.525 bits per heavy atom. The molecule has 0 bridgehead atoms. The summed E-state index contributed by atoms with van der Waals surface area (Å²) in [4.78, 5) is 0. The van der Waals surface area contributed by atoms with Crippen molar-refractivity contribution < 1.29 is 18.9 Å². The predicted octanol–water partition coefficient (Wildman–Crippen LogP) is 10.6. The van der Waals surface area contributed by atoms with Crippen LogP contribution in [0.5, 0.6) is 23.0 Å². The lowest BCUT2D eigenvalue weighted by molar-refractivity contribution is 0.280. The topological polar surface area (TPSA) is 36.9 Å². The summed E-state index contributed by atoms with van der Waals surface area (Å²) in [7, 11) is 0. The average Bonchev–Trinajstić information content (AvgIpc) is 2.85. The van der Waals surface area contributed by atoms with E-state index in [4.69, 9.17) is 18.9 Å². The van der Waals surface area contributed by atoms with Crippen LogP contribution in [0, 0.1) is 30.6 Å². The van der Waals surface area contributed by atoms with Crippen molar-refractivity contribution in [2.45, 2.75) is 88.0 Å². The Morgan fingerprint density at radius 3 is 1.30 bits per heavy atom. The van der Waals surface area contributed by atoms with Crippen LogP contribution < -0.4 is 18.9 Å². The van der Waals surface area contributed by atoms with Crippen LogP contribution in [0.25, 0.3) is 12.2 Å². The fraction of sp³-hybridized carbons (Fsp3) is 0.600. The number of ether oxygens (including phenoxy) is 4. The molecule has 4 nitrogen and oxygen atoms in total. The third-order valence-electron chi connectivity index (χ3n) is 6.63. The van der Waals surface area contributed by atoms with Crippen molar-refractivity contribution in [2.24, 2.45) is 23.7 Å². The molecular weight excluding hydrogens is 564 g/mol. The minimum absolute atomic E-state index is 0.577. The van der Waals surface area contributed by atoms with E-state index in [1.807, 2.05) is 6.07 Å². The van der Waals surface area contributed by atoms with Crippen LogP contribution >= 0.6 is 15.9 Å². The summed E-state index contributed by atoms with van der Waals surface area (Å²) in [5, 5.41) is 0. The fourth-order valence-electron chi connectivity index (χ4n) is 3.80. The first kappa shape index (κ1) is 34.1. The second-order valence-electron chi connectivity index (χ2n) is 12.4. The van der Waals surface area contributed by atoms with Gasteiger partial charge >= 0.3 is 0 Å². The van der Waals surface area contributed by atoms with E-state index in [2.05, 4.69) is 109 Å². The Morgan fingerprint density at radius 2 is 0.875 bits per heavy atom. The third-order valence-corrected chi connectivity index (χ3v) is 7.24. The van der Waals surface area contributed by atoms with Gasteiger partial charge in [0.1, 0.15) is 23.0 Å². The minimum Gasteiger partial charge on any atom is -0.493 e. The molecule has 0 saturated heterocycles. The van der Waals surface area contributed by atoms with Crippen LogP contribution in [0.3, 0.4) is 0 Å². The van der Waals surface area contributed by atoms with Crippen LogP contribution in [0.2, 0.25) is 0 Å². The lowest BCUT2D eigenvalue weighted by Gasteiger charge is -2.17. The SMILES string of the molecule is Cc1cc(OCCC(C)C)c(C=Cc2cc(OCCC(C)C)c(Br)cc2OCCC(C)C)cc1OCCC(C)C. The Balaban J connectivity index is 2.43. The molecule has 2 aromatic carbocycles. The molecule has 0 aliphatic rings. The van der Waals surface area contributed by atoms with Crippen LogP contribution in [-0.2, 0) is 0 Å². The molecule has 40 heavy (non-hydrogen) atoms. The Labute approximate surface area is 253 Å². The zero-order chi connectivity index (χ0) is 29.7. The summed E-state index contributed by atoms with van der Waals surface area (Å²) in [5.41, 5.74) is 3.05. The van der Waals surface area contributed by atoms with Crippen LogP contribution in [0.1, 0.15) is 97.8 Å². The molecule has 0 fully saturated rings. The Kier molecular flexibility index (Phi) is 15.0. The molecule has 0 radical (unpaired) electrons. The zero-order valence-electron chi connectivity index (χ0n) is 26.4. The summed E-state index contributed by atoms with van der Waals surface area (Å²) in [6, 6.07) is 8.31. The first-order chi connectivity index (χ1) is 19.0. The average molecular weight is 618 g/mol. The van der Waals surface area contributed by atoms with Crippen LogP contribution in [0.15, 0.2) is 28.7 Å². The van der Waals surface area contributed by atoms with Crippen molar-refractivity contribution in [3.8, 4) is 23.0 Å². The number of halogens is 1. The molecule has 0 amide bonds. The summed E-state index contributed by atoms with van der Waals surface area (Å²) in [6.45, 7) is 22.5. The number of hydrogen-bond acceptors (Lipinski definition) is 4. The van der Waals surface area contributed by atoms with Crippen LogP contribution in [0.4, 0.5) is 0 Å². The maximum absolute atomic E-state index is 6.28. The van der Waals surface area contributed by atoms with Crippen LogP contribution in [-0.4, -0.2) is 26.4 Å². The molecule has 0 aromatic heterocycles.